The minimum atomic E-state index is -0.303. The van der Waals surface area contributed by atoms with Crippen molar-refractivity contribution >= 4 is 0 Å². The van der Waals surface area contributed by atoms with Crippen LogP contribution < -0.4 is 5.73 Å². The highest BCUT2D eigenvalue weighted by atomic mass is 19.1. The van der Waals surface area contributed by atoms with Gasteiger partial charge in [-0.3, -0.25) is 4.90 Å². The van der Waals surface area contributed by atoms with Crippen molar-refractivity contribution in [2.24, 2.45) is 5.73 Å². The van der Waals surface area contributed by atoms with Crippen LogP contribution in [0.5, 0.6) is 0 Å². The van der Waals surface area contributed by atoms with Crippen LogP contribution in [0.4, 0.5) is 4.39 Å². The molecule has 0 heterocycles. The molecule has 0 aliphatic carbocycles. The van der Waals surface area contributed by atoms with Gasteiger partial charge < -0.3 is 10.5 Å². The number of halogens is 1. The lowest BCUT2D eigenvalue weighted by Gasteiger charge is -2.26. The number of hydrogen-bond acceptors (Lipinski definition) is 3. The summed E-state index contributed by atoms with van der Waals surface area (Å²) in [7, 11) is 1.69. The zero-order chi connectivity index (χ0) is 15.0. The Labute approximate surface area is 120 Å². The largest absolute Gasteiger partial charge is 0.383 e. The highest BCUT2D eigenvalue weighted by Crippen LogP contribution is 2.13. The van der Waals surface area contributed by atoms with Gasteiger partial charge in [-0.15, -0.1) is 0 Å². The van der Waals surface area contributed by atoms with Crippen molar-refractivity contribution in [3.63, 3.8) is 0 Å². The second-order valence-corrected chi connectivity index (χ2v) is 4.88. The summed E-state index contributed by atoms with van der Waals surface area (Å²) in [5.74, 6) is 5.15. The van der Waals surface area contributed by atoms with E-state index in [9.17, 15) is 4.39 Å². The van der Waals surface area contributed by atoms with Crippen molar-refractivity contribution in [1.82, 2.24) is 4.90 Å². The van der Waals surface area contributed by atoms with Crippen LogP contribution in [0, 0.1) is 17.7 Å². The van der Waals surface area contributed by atoms with E-state index in [1.165, 1.54) is 6.07 Å². The molecule has 2 N–H and O–H groups in total. The molecule has 0 aliphatic heterocycles. The van der Waals surface area contributed by atoms with E-state index in [4.69, 9.17) is 10.5 Å². The van der Waals surface area contributed by atoms with Crippen molar-refractivity contribution in [2.45, 2.75) is 26.4 Å². The molecule has 0 fully saturated rings. The standard InChI is InChI=1S/C16H23FN2O/c1-13(2)19(9-10-20-3)12-14-6-7-16(17)15(11-14)5-4-8-18/h6-7,11,13H,8-10,12,18H2,1-3H3. The number of nitrogens with zero attached hydrogens (tertiary/aromatic N) is 1. The first-order valence-corrected chi connectivity index (χ1v) is 6.78. The number of benzene rings is 1. The van der Waals surface area contributed by atoms with Crippen molar-refractivity contribution < 1.29 is 9.13 Å². The van der Waals surface area contributed by atoms with Crippen molar-refractivity contribution in [3.8, 4) is 11.8 Å². The molecule has 0 saturated carbocycles. The van der Waals surface area contributed by atoms with Crippen molar-refractivity contribution in [1.29, 1.82) is 0 Å². The van der Waals surface area contributed by atoms with Gasteiger partial charge in [0.2, 0.25) is 0 Å². The molecule has 0 unspecified atom stereocenters. The van der Waals surface area contributed by atoms with E-state index in [2.05, 4.69) is 30.6 Å². The number of ether oxygens (including phenoxy) is 1. The molecule has 0 radical (unpaired) electrons. The van der Waals surface area contributed by atoms with Gasteiger partial charge in [-0.05, 0) is 31.5 Å². The van der Waals surface area contributed by atoms with Gasteiger partial charge in [0.05, 0.1) is 18.7 Å². The fraction of sp³-hybridized carbons (Fsp3) is 0.500. The van der Waals surface area contributed by atoms with Crippen LogP contribution in [-0.4, -0.2) is 37.7 Å². The lowest BCUT2D eigenvalue weighted by atomic mass is 10.1. The first-order chi connectivity index (χ1) is 9.58. The molecule has 3 nitrogen and oxygen atoms in total. The Balaban J connectivity index is 2.84. The molecule has 0 aromatic heterocycles. The first kappa shape index (κ1) is 16.6. The monoisotopic (exact) mass is 278 g/mol. The average Bonchev–Trinajstić information content (AvgIpc) is 2.43. The summed E-state index contributed by atoms with van der Waals surface area (Å²) in [5.41, 5.74) is 6.77. The highest BCUT2D eigenvalue weighted by Gasteiger charge is 2.11. The Hall–Kier alpha value is -1.41. The molecule has 1 aromatic carbocycles. The van der Waals surface area contributed by atoms with Crippen molar-refractivity contribution in [3.05, 3.63) is 35.1 Å². The van der Waals surface area contributed by atoms with E-state index in [-0.39, 0.29) is 12.4 Å². The zero-order valence-corrected chi connectivity index (χ0v) is 12.4. The van der Waals surface area contributed by atoms with E-state index < -0.39 is 0 Å². The molecular weight excluding hydrogens is 255 g/mol. The molecule has 1 aromatic rings. The molecule has 4 heteroatoms. The Morgan fingerprint density at radius 1 is 1.40 bits per heavy atom. The Bertz CT molecular complexity index is 477. The minimum absolute atomic E-state index is 0.232. The van der Waals surface area contributed by atoms with Crippen LogP contribution in [0.15, 0.2) is 18.2 Å². The fourth-order valence-corrected chi connectivity index (χ4v) is 1.88. The molecule has 1 rings (SSSR count). The SMILES string of the molecule is COCCN(Cc1ccc(F)c(C#CCN)c1)C(C)C. The van der Waals surface area contributed by atoms with Crippen molar-refractivity contribution in [2.75, 3.05) is 26.8 Å². The maximum atomic E-state index is 13.6. The summed E-state index contributed by atoms with van der Waals surface area (Å²) in [6, 6.07) is 5.45. The molecule has 20 heavy (non-hydrogen) atoms. The smallest absolute Gasteiger partial charge is 0.138 e. The minimum Gasteiger partial charge on any atom is -0.383 e. The predicted molar refractivity (Wildman–Crippen MR) is 79.8 cm³/mol. The van der Waals surface area contributed by atoms with Crippen LogP contribution in [0.1, 0.15) is 25.0 Å². The second kappa shape index (κ2) is 8.70. The summed E-state index contributed by atoms with van der Waals surface area (Å²) < 4.78 is 18.7. The number of rotatable bonds is 6. The normalized spacial score (nSPS) is 10.8. The Kier molecular flexibility index (Phi) is 7.24. The van der Waals surface area contributed by atoms with E-state index in [1.807, 2.05) is 0 Å². The Morgan fingerprint density at radius 2 is 2.15 bits per heavy atom. The summed E-state index contributed by atoms with van der Waals surface area (Å²) in [6.07, 6.45) is 0. The van der Waals surface area contributed by atoms with Gasteiger partial charge in [0, 0.05) is 26.2 Å². The molecule has 110 valence electrons. The predicted octanol–water partition coefficient (Wildman–Crippen LogP) is 1.99. The second-order valence-electron chi connectivity index (χ2n) is 4.88. The maximum Gasteiger partial charge on any atom is 0.138 e. The third kappa shape index (κ3) is 5.30. The van der Waals surface area contributed by atoms with Gasteiger partial charge in [0.1, 0.15) is 5.82 Å². The third-order valence-electron chi connectivity index (χ3n) is 3.05. The van der Waals surface area contributed by atoms with Gasteiger partial charge in [0.15, 0.2) is 0 Å². The topological polar surface area (TPSA) is 38.5 Å². The molecule has 0 atom stereocenters. The fourth-order valence-electron chi connectivity index (χ4n) is 1.88. The first-order valence-electron chi connectivity index (χ1n) is 6.78. The summed E-state index contributed by atoms with van der Waals surface area (Å²) >= 11 is 0. The molecular formula is C16H23FN2O. The lowest BCUT2D eigenvalue weighted by molar-refractivity contribution is 0.125. The zero-order valence-electron chi connectivity index (χ0n) is 12.4. The molecule has 0 amide bonds. The number of methoxy groups -OCH3 is 1. The average molecular weight is 278 g/mol. The van der Waals surface area contributed by atoms with Crippen LogP contribution in [-0.2, 0) is 11.3 Å². The summed E-state index contributed by atoms with van der Waals surface area (Å²) in [6.45, 7) is 6.77. The van der Waals surface area contributed by atoms with E-state index in [0.717, 1.165) is 18.7 Å². The van der Waals surface area contributed by atoms with E-state index in [0.29, 0.717) is 18.2 Å². The lowest BCUT2D eigenvalue weighted by Crippen LogP contribution is -2.33. The Morgan fingerprint density at radius 3 is 2.75 bits per heavy atom. The van der Waals surface area contributed by atoms with Gasteiger partial charge in [-0.25, -0.2) is 4.39 Å². The summed E-state index contributed by atoms with van der Waals surface area (Å²) in [4.78, 5) is 2.27. The molecule has 0 aliphatic rings. The third-order valence-corrected chi connectivity index (χ3v) is 3.05. The molecule has 0 saturated heterocycles. The van der Waals surface area contributed by atoms with Crippen LogP contribution >= 0.6 is 0 Å². The van der Waals surface area contributed by atoms with Gasteiger partial charge in [-0.1, -0.05) is 17.9 Å². The molecule has 0 spiro atoms. The van der Waals surface area contributed by atoms with Crippen LogP contribution in [0.25, 0.3) is 0 Å². The number of nitrogens with two attached hydrogens (primary N) is 1. The van der Waals surface area contributed by atoms with E-state index in [1.54, 1.807) is 19.2 Å². The van der Waals surface area contributed by atoms with Crippen LogP contribution in [0.3, 0.4) is 0 Å². The highest BCUT2D eigenvalue weighted by molar-refractivity contribution is 5.38. The quantitative estimate of drug-likeness (QED) is 0.809. The molecule has 0 bridgehead atoms. The van der Waals surface area contributed by atoms with Gasteiger partial charge >= 0.3 is 0 Å². The van der Waals surface area contributed by atoms with E-state index >= 15 is 0 Å². The van der Waals surface area contributed by atoms with Gasteiger partial charge in [-0.2, -0.15) is 0 Å². The summed E-state index contributed by atoms with van der Waals surface area (Å²) in [5, 5.41) is 0. The van der Waals surface area contributed by atoms with Gasteiger partial charge in [0.25, 0.3) is 0 Å². The maximum absolute atomic E-state index is 13.6. The number of hydrogen-bond donors (Lipinski definition) is 1. The van der Waals surface area contributed by atoms with Crippen LogP contribution in [0.2, 0.25) is 0 Å².